The summed E-state index contributed by atoms with van der Waals surface area (Å²) in [5.41, 5.74) is 1.18. The highest BCUT2D eigenvalue weighted by Gasteiger charge is 2.31. The van der Waals surface area contributed by atoms with Gasteiger partial charge in [-0.2, -0.15) is 0 Å². The highest BCUT2D eigenvalue weighted by atomic mass is 16.6. The van der Waals surface area contributed by atoms with Crippen molar-refractivity contribution in [1.82, 2.24) is 5.32 Å². The van der Waals surface area contributed by atoms with E-state index in [0.717, 1.165) is 29.7 Å². The molecule has 2 aliphatic rings. The Hall–Kier alpha value is -1.42. The van der Waals surface area contributed by atoms with Crippen molar-refractivity contribution in [2.24, 2.45) is 5.92 Å². The molecule has 1 aliphatic heterocycles. The van der Waals surface area contributed by atoms with Crippen LogP contribution >= 0.6 is 0 Å². The number of nitrogens with one attached hydrogen (secondary N) is 1. The highest BCUT2D eigenvalue weighted by Crippen LogP contribution is 2.40. The summed E-state index contributed by atoms with van der Waals surface area (Å²) in [4.78, 5) is 0. The molecule has 1 aromatic rings. The normalized spacial score (nSPS) is 24.8. The molecular weight excluding hydrogens is 230 g/mol. The number of benzene rings is 1. The molecule has 0 radical (unpaired) electrons. The lowest BCUT2D eigenvalue weighted by molar-refractivity contribution is 0.165. The first-order valence-electron chi connectivity index (χ1n) is 6.48. The molecule has 0 amide bonds. The van der Waals surface area contributed by atoms with Gasteiger partial charge in [-0.25, -0.2) is 0 Å². The third kappa shape index (κ3) is 2.25. The van der Waals surface area contributed by atoms with Gasteiger partial charge < -0.3 is 19.5 Å². The van der Waals surface area contributed by atoms with E-state index < -0.39 is 0 Å². The largest absolute Gasteiger partial charge is 0.493 e. The molecular formula is C14H19NO3. The quantitative estimate of drug-likeness (QED) is 0.885. The Labute approximate surface area is 107 Å². The lowest BCUT2D eigenvalue weighted by Crippen LogP contribution is -2.19. The smallest absolute Gasteiger partial charge is 0.203 e. The van der Waals surface area contributed by atoms with Gasteiger partial charge in [-0.1, -0.05) is 6.92 Å². The Morgan fingerprint density at radius 3 is 2.83 bits per heavy atom. The minimum absolute atomic E-state index is 0.584. The van der Waals surface area contributed by atoms with Crippen molar-refractivity contribution in [2.45, 2.75) is 25.9 Å². The van der Waals surface area contributed by atoms with E-state index >= 15 is 0 Å². The van der Waals surface area contributed by atoms with E-state index in [1.165, 1.54) is 12.0 Å². The number of ether oxygens (including phenoxy) is 3. The van der Waals surface area contributed by atoms with Gasteiger partial charge in [0.05, 0.1) is 7.11 Å². The summed E-state index contributed by atoms with van der Waals surface area (Å²) in [6.07, 6.45) is 1.28. The van der Waals surface area contributed by atoms with Crippen LogP contribution < -0.4 is 19.5 Å². The maximum absolute atomic E-state index is 5.62. The molecule has 2 unspecified atom stereocenters. The van der Waals surface area contributed by atoms with Gasteiger partial charge in [0.1, 0.15) is 13.2 Å². The van der Waals surface area contributed by atoms with Crippen LogP contribution in [0.4, 0.5) is 0 Å². The zero-order chi connectivity index (χ0) is 12.5. The molecule has 2 atom stereocenters. The first-order chi connectivity index (χ1) is 8.78. The van der Waals surface area contributed by atoms with Crippen molar-refractivity contribution in [2.75, 3.05) is 20.3 Å². The second kappa shape index (κ2) is 4.69. The van der Waals surface area contributed by atoms with Crippen LogP contribution in [0.2, 0.25) is 0 Å². The Bertz CT molecular complexity index is 430. The van der Waals surface area contributed by atoms with Gasteiger partial charge in [-0.3, -0.25) is 0 Å². The summed E-state index contributed by atoms with van der Waals surface area (Å²) in [5.74, 6) is 3.09. The molecule has 4 nitrogen and oxygen atoms in total. The van der Waals surface area contributed by atoms with Crippen LogP contribution in [-0.2, 0) is 6.54 Å². The predicted octanol–water partition coefficient (Wildman–Crippen LogP) is 1.96. The van der Waals surface area contributed by atoms with Gasteiger partial charge >= 0.3 is 0 Å². The van der Waals surface area contributed by atoms with Gasteiger partial charge in [-0.05, 0) is 30.0 Å². The second-order valence-corrected chi connectivity index (χ2v) is 5.02. The van der Waals surface area contributed by atoms with Gasteiger partial charge in [-0.15, -0.1) is 0 Å². The lowest BCUT2D eigenvalue weighted by Gasteiger charge is -2.21. The van der Waals surface area contributed by atoms with Gasteiger partial charge in [0.15, 0.2) is 11.5 Å². The molecule has 18 heavy (non-hydrogen) atoms. The van der Waals surface area contributed by atoms with E-state index in [1.54, 1.807) is 7.11 Å². The average molecular weight is 249 g/mol. The monoisotopic (exact) mass is 249 g/mol. The summed E-state index contributed by atoms with van der Waals surface area (Å²) >= 11 is 0. The van der Waals surface area contributed by atoms with Crippen LogP contribution in [0, 0.1) is 5.92 Å². The fraction of sp³-hybridized carbons (Fsp3) is 0.571. The molecule has 0 spiro atoms. The number of hydrogen-bond acceptors (Lipinski definition) is 4. The summed E-state index contributed by atoms with van der Waals surface area (Å²) in [7, 11) is 1.66. The first-order valence-corrected chi connectivity index (χ1v) is 6.48. The minimum Gasteiger partial charge on any atom is -0.493 e. The van der Waals surface area contributed by atoms with Crippen molar-refractivity contribution >= 4 is 0 Å². The molecule has 0 saturated heterocycles. The number of hydrogen-bond donors (Lipinski definition) is 1. The molecule has 98 valence electrons. The van der Waals surface area contributed by atoms with Crippen molar-refractivity contribution in [3.05, 3.63) is 17.7 Å². The van der Waals surface area contributed by atoms with E-state index in [-0.39, 0.29) is 0 Å². The molecule has 3 rings (SSSR count). The summed E-state index contributed by atoms with van der Waals surface area (Å²) < 4.78 is 16.6. The standard InChI is InChI=1S/C14H19NO3/c1-9-5-11(9)15-8-10-6-12(16-2)14-13(7-10)17-3-4-18-14/h6-7,9,11,15H,3-5,8H2,1-2H3. The van der Waals surface area contributed by atoms with Crippen LogP contribution in [0.1, 0.15) is 18.9 Å². The molecule has 1 heterocycles. The summed E-state index contributed by atoms with van der Waals surface area (Å²) in [5, 5.41) is 3.53. The Balaban J connectivity index is 1.77. The third-order valence-electron chi connectivity index (χ3n) is 3.57. The molecule has 1 aromatic carbocycles. The third-order valence-corrected chi connectivity index (χ3v) is 3.57. The maximum Gasteiger partial charge on any atom is 0.203 e. The molecule has 0 aromatic heterocycles. The number of fused-ring (bicyclic) bond motifs is 1. The van der Waals surface area contributed by atoms with Gasteiger partial charge in [0, 0.05) is 12.6 Å². The van der Waals surface area contributed by atoms with Crippen molar-refractivity contribution in [3.63, 3.8) is 0 Å². The molecule has 1 N–H and O–H groups in total. The van der Waals surface area contributed by atoms with Crippen LogP contribution in [0.5, 0.6) is 17.2 Å². The zero-order valence-corrected chi connectivity index (χ0v) is 10.9. The Kier molecular flexibility index (Phi) is 3.04. The summed E-state index contributed by atoms with van der Waals surface area (Å²) in [6, 6.07) is 4.73. The Morgan fingerprint density at radius 2 is 2.11 bits per heavy atom. The molecule has 1 aliphatic carbocycles. The van der Waals surface area contributed by atoms with Crippen LogP contribution in [0.3, 0.4) is 0 Å². The fourth-order valence-corrected chi connectivity index (χ4v) is 2.28. The fourth-order valence-electron chi connectivity index (χ4n) is 2.28. The molecule has 1 saturated carbocycles. The molecule has 4 heteroatoms. The van der Waals surface area contributed by atoms with Crippen molar-refractivity contribution < 1.29 is 14.2 Å². The van der Waals surface area contributed by atoms with E-state index in [9.17, 15) is 0 Å². The first kappa shape index (κ1) is 11.7. The van der Waals surface area contributed by atoms with Gasteiger partial charge in [0.25, 0.3) is 0 Å². The number of methoxy groups -OCH3 is 1. The average Bonchev–Trinajstić information content (AvgIpc) is 3.11. The van der Waals surface area contributed by atoms with E-state index in [2.05, 4.69) is 12.2 Å². The van der Waals surface area contributed by atoms with Crippen molar-refractivity contribution in [3.8, 4) is 17.2 Å². The topological polar surface area (TPSA) is 39.7 Å². The van der Waals surface area contributed by atoms with E-state index in [4.69, 9.17) is 14.2 Å². The lowest BCUT2D eigenvalue weighted by atomic mass is 10.1. The minimum atomic E-state index is 0.584. The van der Waals surface area contributed by atoms with Gasteiger partial charge in [0.2, 0.25) is 5.75 Å². The highest BCUT2D eigenvalue weighted by molar-refractivity contribution is 5.54. The maximum atomic E-state index is 5.62. The molecule has 1 fully saturated rings. The van der Waals surface area contributed by atoms with Crippen LogP contribution in [0.15, 0.2) is 12.1 Å². The number of rotatable bonds is 4. The second-order valence-electron chi connectivity index (χ2n) is 5.02. The Morgan fingerprint density at radius 1 is 1.33 bits per heavy atom. The molecule has 0 bridgehead atoms. The SMILES string of the molecule is COc1cc(CNC2CC2C)cc2c1OCCO2. The summed E-state index contributed by atoms with van der Waals surface area (Å²) in [6.45, 7) is 4.30. The van der Waals surface area contributed by atoms with Crippen LogP contribution in [0.25, 0.3) is 0 Å². The van der Waals surface area contributed by atoms with Crippen molar-refractivity contribution in [1.29, 1.82) is 0 Å². The van der Waals surface area contributed by atoms with Crippen LogP contribution in [-0.4, -0.2) is 26.4 Å². The predicted molar refractivity (Wildman–Crippen MR) is 68.4 cm³/mol. The van der Waals surface area contributed by atoms with E-state index in [0.29, 0.717) is 19.3 Å². The zero-order valence-electron chi connectivity index (χ0n) is 10.9. The van der Waals surface area contributed by atoms with E-state index in [1.807, 2.05) is 12.1 Å².